The first-order chi connectivity index (χ1) is 18.6. The number of unbranched alkanes of at least 4 members (excludes halogenated alkanes) is 9. The van der Waals surface area contributed by atoms with Gasteiger partial charge in [0.15, 0.2) is 0 Å². The third kappa shape index (κ3) is 18.6. The molecule has 0 heterocycles. The highest BCUT2D eigenvalue weighted by Gasteiger charge is 2.27. The van der Waals surface area contributed by atoms with Crippen molar-refractivity contribution in [2.75, 3.05) is 19.8 Å². The lowest BCUT2D eigenvalue weighted by Gasteiger charge is -2.27. The Kier molecular flexibility index (Phi) is 22.1. The molecule has 1 unspecified atom stereocenters. The minimum absolute atomic E-state index is 0.0203. The predicted octanol–water partition coefficient (Wildman–Crippen LogP) is 8.49. The summed E-state index contributed by atoms with van der Waals surface area (Å²) >= 11 is 0. The molecule has 0 bridgehead atoms. The summed E-state index contributed by atoms with van der Waals surface area (Å²) in [5.41, 5.74) is 0. The van der Waals surface area contributed by atoms with Crippen LogP contribution in [0.25, 0.3) is 0 Å². The molecular formula is C33H58O5. The van der Waals surface area contributed by atoms with E-state index in [1.807, 2.05) is 0 Å². The van der Waals surface area contributed by atoms with E-state index in [1.54, 1.807) is 0 Å². The molecular weight excluding hydrogens is 476 g/mol. The SMILES string of the molecule is CCCCC/C=C\C/C=C\CCCCCCCC(=O)OCC(CO)COC(=O)C1CCC(CCCC)CC1. The number of allylic oxidation sites excluding steroid dienone is 4. The van der Waals surface area contributed by atoms with Gasteiger partial charge in [0.2, 0.25) is 0 Å². The van der Waals surface area contributed by atoms with Gasteiger partial charge in [-0.1, -0.05) is 89.5 Å². The number of aliphatic hydroxyl groups excluding tert-OH is 1. The molecule has 0 saturated heterocycles. The first kappa shape index (κ1) is 34.4. The van der Waals surface area contributed by atoms with Gasteiger partial charge in [-0.05, 0) is 70.1 Å². The number of hydrogen-bond acceptors (Lipinski definition) is 5. The van der Waals surface area contributed by atoms with E-state index < -0.39 is 0 Å². The largest absolute Gasteiger partial charge is 0.465 e. The van der Waals surface area contributed by atoms with Crippen molar-refractivity contribution in [2.24, 2.45) is 17.8 Å². The van der Waals surface area contributed by atoms with Crippen molar-refractivity contribution in [1.29, 1.82) is 0 Å². The fraction of sp³-hybridized carbons (Fsp3) is 0.818. The highest BCUT2D eigenvalue weighted by molar-refractivity contribution is 5.72. The zero-order valence-electron chi connectivity index (χ0n) is 24.7. The number of ether oxygens (including phenoxy) is 2. The number of carbonyl (C=O) groups is 2. The maximum Gasteiger partial charge on any atom is 0.308 e. The second-order valence-electron chi connectivity index (χ2n) is 11.2. The monoisotopic (exact) mass is 534 g/mol. The normalized spacial score (nSPS) is 18.7. The summed E-state index contributed by atoms with van der Waals surface area (Å²) in [7, 11) is 0. The van der Waals surface area contributed by atoms with Gasteiger partial charge < -0.3 is 14.6 Å². The molecule has 1 aliphatic rings. The Bertz CT molecular complexity index is 633. The third-order valence-electron chi connectivity index (χ3n) is 7.68. The Morgan fingerprint density at radius 1 is 0.763 bits per heavy atom. The van der Waals surface area contributed by atoms with Crippen LogP contribution in [0.3, 0.4) is 0 Å². The van der Waals surface area contributed by atoms with Gasteiger partial charge in [0, 0.05) is 6.42 Å². The first-order valence-corrected chi connectivity index (χ1v) is 15.8. The standard InChI is InChI=1S/C33H58O5/c1-3-5-7-8-9-10-11-12-13-14-15-16-17-18-19-21-32(35)37-27-30(26-34)28-38-33(36)31-24-22-29(23-25-31)20-6-4-2/h9-10,12-13,29-31,34H,3-8,11,14-28H2,1-2H3/b10-9-,13-12-. The Labute approximate surface area is 233 Å². The number of hydrogen-bond donors (Lipinski definition) is 1. The molecule has 1 rings (SSSR count). The fourth-order valence-corrected chi connectivity index (χ4v) is 5.01. The van der Waals surface area contributed by atoms with Crippen molar-refractivity contribution < 1.29 is 24.2 Å². The van der Waals surface area contributed by atoms with Crippen LogP contribution >= 0.6 is 0 Å². The molecule has 1 saturated carbocycles. The predicted molar refractivity (Wildman–Crippen MR) is 157 cm³/mol. The second kappa shape index (κ2) is 24.4. The average molecular weight is 535 g/mol. The number of esters is 2. The molecule has 1 fully saturated rings. The second-order valence-corrected chi connectivity index (χ2v) is 11.2. The van der Waals surface area contributed by atoms with Crippen molar-refractivity contribution in [3.8, 4) is 0 Å². The molecule has 0 aliphatic heterocycles. The minimum atomic E-state index is -0.353. The third-order valence-corrected chi connectivity index (χ3v) is 7.68. The summed E-state index contributed by atoms with van der Waals surface area (Å²) in [5, 5.41) is 9.61. The molecule has 38 heavy (non-hydrogen) atoms. The van der Waals surface area contributed by atoms with Crippen LogP contribution in [0.15, 0.2) is 24.3 Å². The fourth-order valence-electron chi connectivity index (χ4n) is 5.01. The Balaban J connectivity index is 2.00. The van der Waals surface area contributed by atoms with E-state index in [9.17, 15) is 14.7 Å². The van der Waals surface area contributed by atoms with Crippen LogP contribution in [0, 0.1) is 17.8 Å². The summed E-state index contributed by atoms with van der Waals surface area (Å²) in [6.45, 7) is 4.51. The summed E-state index contributed by atoms with van der Waals surface area (Å²) in [6, 6.07) is 0. The van der Waals surface area contributed by atoms with Gasteiger partial charge in [-0.25, -0.2) is 0 Å². The molecule has 0 aromatic heterocycles. The van der Waals surface area contributed by atoms with Crippen molar-refractivity contribution in [3.05, 3.63) is 24.3 Å². The summed E-state index contributed by atoms with van der Waals surface area (Å²) in [4.78, 5) is 24.5. The van der Waals surface area contributed by atoms with Crippen LogP contribution in [-0.4, -0.2) is 36.9 Å². The molecule has 0 spiro atoms. The average Bonchev–Trinajstić information content (AvgIpc) is 2.94. The molecule has 0 radical (unpaired) electrons. The Morgan fingerprint density at radius 2 is 1.37 bits per heavy atom. The highest BCUT2D eigenvalue weighted by Crippen LogP contribution is 2.32. The van der Waals surface area contributed by atoms with Gasteiger partial charge in [-0.2, -0.15) is 0 Å². The van der Waals surface area contributed by atoms with Crippen LogP contribution < -0.4 is 0 Å². The lowest BCUT2D eigenvalue weighted by atomic mass is 9.80. The van der Waals surface area contributed by atoms with Crippen LogP contribution in [0.2, 0.25) is 0 Å². The van der Waals surface area contributed by atoms with E-state index in [4.69, 9.17) is 9.47 Å². The van der Waals surface area contributed by atoms with E-state index in [2.05, 4.69) is 38.2 Å². The topological polar surface area (TPSA) is 72.8 Å². The van der Waals surface area contributed by atoms with Gasteiger partial charge in [0.1, 0.15) is 0 Å². The zero-order valence-corrected chi connectivity index (χ0v) is 24.7. The van der Waals surface area contributed by atoms with Crippen molar-refractivity contribution in [3.63, 3.8) is 0 Å². The van der Waals surface area contributed by atoms with Crippen LogP contribution in [0.5, 0.6) is 0 Å². The van der Waals surface area contributed by atoms with Crippen molar-refractivity contribution in [2.45, 2.75) is 136 Å². The van der Waals surface area contributed by atoms with Gasteiger partial charge in [-0.3, -0.25) is 9.59 Å². The summed E-state index contributed by atoms with van der Waals surface area (Å²) in [6.07, 6.45) is 29.9. The molecule has 1 N–H and O–H groups in total. The maximum absolute atomic E-state index is 12.4. The van der Waals surface area contributed by atoms with Crippen molar-refractivity contribution in [1.82, 2.24) is 0 Å². The van der Waals surface area contributed by atoms with E-state index in [0.29, 0.717) is 6.42 Å². The molecule has 5 nitrogen and oxygen atoms in total. The van der Waals surface area contributed by atoms with Crippen LogP contribution in [0.4, 0.5) is 0 Å². The van der Waals surface area contributed by atoms with Crippen LogP contribution in [-0.2, 0) is 19.1 Å². The smallest absolute Gasteiger partial charge is 0.308 e. The quantitative estimate of drug-likeness (QED) is 0.0808. The molecule has 0 aromatic rings. The van der Waals surface area contributed by atoms with Gasteiger partial charge in [0.25, 0.3) is 0 Å². The van der Waals surface area contributed by atoms with Gasteiger partial charge in [-0.15, -0.1) is 0 Å². The molecule has 0 aromatic carbocycles. The maximum atomic E-state index is 12.4. The molecule has 1 aliphatic carbocycles. The van der Waals surface area contributed by atoms with Crippen LogP contribution in [0.1, 0.15) is 136 Å². The Hall–Kier alpha value is -1.62. The lowest BCUT2D eigenvalue weighted by Crippen LogP contribution is -2.28. The molecule has 220 valence electrons. The van der Waals surface area contributed by atoms with Gasteiger partial charge >= 0.3 is 11.9 Å². The van der Waals surface area contributed by atoms with Gasteiger partial charge in [0.05, 0.1) is 31.7 Å². The van der Waals surface area contributed by atoms with E-state index in [0.717, 1.165) is 63.7 Å². The molecule has 0 amide bonds. The first-order valence-electron chi connectivity index (χ1n) is 15.8. The summed E-state index contributed by atoms with van der Waals surface area (Å²) in [5.74, 6) is -0.00989. The zero-order chi connectivity index (χ0) is 27.7. The van der Waals surface area contributed by atoms with E-state index in [1.165, 1.54) is 57.8 Å². The summed E-state index contributed by atoms with van der Waals surface area (Å²) < 4.78 is 10.8. The number of aliphatic hydroxyl groups is 1. The lowest BCUT2D eigenvalue weighted by molar-refractivity contribution is -0.154. The molecule has 1 atom stereocenters. The molecule has 5 heteroatoms. The Morgan fingerprint density at radius 3 is 2.03 bits per heavy atom. The highest BCUT2D eigenvalue weighted by atomic mass is 16.5. The minimum Gasteiger partial charge on any atom is -0.465 e. The van der Waals surface area contributed by atoms with E-state index >= 15 is 0 Å². The van der Waals surface area contributed by atoms with E-state index in [-0.39, 0.29) is 43.6 Å². The number of carbonyl (C=O) groups excluding carboxylic acids is 2. The number of rotatable bonds is 23. The van der Waals surface area contributed by atoms with Crippen molar-refractivity contribution >= 4 is 11.9 Å².